The van der Waals surface area contributed by atoms with Crippen molar-refractivity contribution in [3.8, 4) is 5.75 Å². The monoisotopic (exact) mass is 513 g/mol. The number of carbonyl (C=O) groups is 2. The van der Waals surface area contributed by atoms with E-state index in [0.29, 0.717) is 6.54 Å². The smallest absolute Gasteiger partial charge is 0.261 e. The Bertz CT molecular complexity index is 1270. The third-order valence-electron chi connectivity index (χ3n) is 5.31. The van der Waals surface area contributed by atoms with Gasteiger partial charge in [0.05, 0.1) is 4.90 Å². The molecule has 0 bridgehead atoms. The van der Waals surface area contributed by atoms with E-state index >= 15 is 0 Å². The maximum absolute atomic E-state index is 13.1. The summed E-state index contributed by atoms with van der Waals surface area (Å²) in [5.41, 5.74) is 1.09. The molecule has 190 valence electrons. The first kappa shape index (κ1) is 26.7. The SMILES string of the molecule is CCNC(=O)[C@H](C)N(Cc1ccccc1)C(=O)COc1ccc(S(=O)(=O)Nc2ccc(F)cc2)cc1. The van der Waals surface area contributed by atoms with E-state index in [9.17, 15) is 22.4 Å². The minimum Gasteiger partial charge on any atom is -0.484 e. The van der Waals surface area contributed by atoms with E-state index in [1.165, 1.54) is 41.3 Å². The third-order valence-corrected chi connectivity index (χ3v) is 6.70. The average molecular weight is 514 g/mol. The van der Waals surface area contributed by atoms with Gasteiger partial charge in [-0.1, -0.05) is 30.3 Å². The molecule has 0 aliphatic heterocycles. The number of rotatable bonds is 11. The van der Waals surface area contributed by atoms with Gasteiger partial charge in [-0.2, -0.15) is 0 Å². The summed E-state index contributed by atoms with van der Waals surface area (Å²) in [6, 6.07) is 19.1. The number of benzene rings is 3. The molecule has 2 amide bonds. The molecule has 1 atom stereocenters. The Kier molecular flexibility index (Phi) is 9.02. The Morgan fingerprint density at radius 1 is 0.972 bits per heavy atom. The van der Waals surface area contributed by atoms with Gasteiger partial charge in [0.1, 0.15) is 17.6 Å². The van der Waals surface area contributed by atoms with Gasteiger partial charge in [0.15, 0.2) is 6.61 Å². The number of carbonyl (C=O) groups excluding carboxylic acids is 2. The highest BCUT2D eigenvalue weighted by molar-refractivity contribution is 7.92. The zero-order valence-electron chi connectivity index (χ0n) is 20.0. The number of ether oxygens (including phenoxy) is 1. The molecule has 10 heteroatoms. The first-order valence-electron chi connectivity index (χ1n) is 11.3. The summed E-state index contributed by atoms with van der Waals surface area (Å²) in [5.74, 6) is -0.858. The molecule has 3 aromatic carbocycles. The van der Waals surface area contributed by atoms with E-state index in [1.807, 2.05) is 30.3 Å². The topological polar surface area (TPSA) is 105 Å². The van der Waals surface area contributed by atoms with Crippen molar-refractivity contribution < 1.29 is 27.1 Å². The van der Waals surface area contributed by atoms with Crippen LogP contribution in [0.5, 0.6) is 5.75 Å². The summed E-state index contributed by atoms with van der Waals surface area (Å²) < 4.78 is 46.2. The van der Waals surface area contributed by atoms with E-state index in [0.717, 1.165) is 17.7 Å². The van der Waals surface area contributed by atoms with Crippen LogP contribution in [0.2, 0.25) is 0 Å². The van der Waals surface area contributed by atoms with Crippen molar-refractivity contribution in [1.82, 2.24) is 10.2 Å². The van der Waals surface area contributed by atoms with Crippen LogP contribution in [0.3, 0.4) is 0 Å². The minimum atomic E-state index is -3.90. The molecule has 2 N–H and O–H groups in total. The Morgan fingerprint density at radius 2 is 1.61 bits per heavy atom. The molecular weight excluding hydrogens is 485 g/mol. The summed E-state index contributed by atoms with van der Waals surface area (Å²) in [5, 5.41) is 2.73. The Labute approximate surface area is 210 Å². The second kappa shape index (κ2) is 12.2. The van der Waals surface area contributed by atoms with E-state index in [-0.39, 0.29) is 35.4 Å². The van der Waals surface area contributed by atoms with Gasteiger partial charge in [0.25, 0.3) is 15.9 Å². The predicted octanol–water partition coefficient (Wildman–Crippen LogP) is 3.56. The molecule has 0 unspecified atom stereocenters. The summed E-state index contributed by atoms with van der Waals surface area (Å²) >= 11 is 0. The van der Waals surface area contributed by atoms with Crippen molar-refractivity contribution in [2.45, 2.75) is 31.3 Å². The van der Waals surface area contributed by atoms with Crippen LogP contribution in [0, 0.1) is 5.82 Å². The molecule has 0 aliphatic carbocycles. The van der Waals surface area contributed by atoms with Gasteiger partial charge in [-0.15, -0.1) is 0 Å². The van der Waals surface area contributed by atoms with Crippen molar-refractivity contribution >= 4 is 27.5 Å². The number of hydrogen-bond acceptors (Lipinski definition) is 5. The molecule has 0 aromatic heterocycles. The highest BCUT2D eigenvalue weighted by atomic mass is 32.2. The second-order valence-electron chi connectivity index (χ2n) is 7.95. The predicted molar refractivity (Wildman–Crippen MR) is 134 cm³/mol. The largest absolute Gasteiger partial charge is 0.484 e. The van der Waals surface area contributed by atoms with E-state index in [4.69, 9.17) is 4.74 Å². The van der Waals surface area contributed by atoms with Crippen LogP contribution in [0.25, 0.3) is 0 Å². The van der Waals surface area contributed by atoms with Crippen LogP contribution < -0.4 is 14.8 Å². The normalized spacial score (nSPS) is 11.9. The lowest BCUT2D eigenvalue weighted by atomic mass is 10.1. The number of amides is 2. The van der Waals surface area contributed by atoms with E-state index in [1.54, 1.807) is 13.8 Å². The first-order valence-corrected chi connectivity index (χ1v) is 12.8. The second-order valence-corrected chi connectivity index (χ2v) is 9.63. The van der Waals surface area contributed by atoms with Crippen LogP contribution >= 0.6 is 0 Å². The number of nitrogens with zero attached hydrogens (tertiary/aromatic N) is 1. The van der Waals surface area contributed by atoms with Crippen molar-refractivity contribution in [3.05, 3.63) is 90.2 Å². The van der Waals surface area contributed by atoms with Crippen molar-refractivity contribution in [3.63, 3.8) is 0 Å². The molecular formula is C26H28FN3O5S. The van der Waals surface area contributed by atoms with Crippen molar-refractivity contribution in [1.29, 1.82) is 0 Å². The fraction of sp³-hybridized carbons (Fsp3) is 0.231. The molecule has 0 saturated heterocycles. The molecule has 36 heavy (non-hydrogen) atoms. The minimum absolute atomic E-state index is 0.0268. The first-order chi connectivity index (χ1) is 17.2. The van der Waals surface area contributed by atoms with E-state index < -0.39 is 27.8 Å². The standard InChI is InChI=1S/C26H28FN3O5S/c1-3-28-26(32)19(2)30(17-20-7-5-4-6-8-20)25(31)18-35-23-13-15-24(16-14-23)36(33,34)29-22-11-9-21(27)10-12-22/h4-16,19,29H,3,17-18H2,1-2H3,(H,28,32)/t19-/m0/s1. The fourth-order valence-electron chi connectivity index (χ4n) is 3.36. The number of sulfonamides is 1. The van der Waals surface area contributed by atoms with Crippen molar-refractivity contribution in [2.24, 2.45) is 0 Å². The number of likely N-dealkylation sites (N-methyl/N-ethyl adjacent to an activating group) is 1. The molecule has 8 nitrogen and oxygen atoms in total. The van der Waals surface area contributed by atoms with Crippen molar-refractivity contribution in [2.75, 3.05) is 17.9 Å². The molecule has 0 fully saturated rings. The zero-order valence-corrected chi connectivity index (χ0v) is 20.8. The summed E-state index contributed by atoms with van der Waals surface area (Å²) in [6.45, 7) is 3.79. The molecule has 0 heterocycles. The van der Waals surface area contributed by atoms with Gasteiger partial charge in [-0.3, -0.25) is 14.3 Å². The number of halogens is 1. The molecule has 3 aromatic rings. The Balaban J connectivity index is 1.66. The van der Waals surface area contributed by atoms with Crippen LogP contribution in [-0.2, 0) is 26.2 Å². The molecule has 0 spiro atoms. The molecule has 0 saturated carbocycles. The van der Waals surface area contributed by atoms with Crippen LogP contribution in [0.4, 0.5) is 10.1 Å². The van der Waals surface area contributed by atoms with Crippen LogP contribution in [0.1, 0.15) is 19.4 Å². The highest BCUT2D eigenvalue weighted by Crippen LogP contribution is 2.20. The Morgan fingerprint density at radius 3 is 2.22 bits per heavy atom. The van der Waals surface area contributed by atoms with Crippen LogP contribution in [-0.4, -0.2) is 44.3 Å². The number of hydrogen-bond donors (Lipinski definition) is 2. The van der Waals surface area contributed by atoms with Gasteiger partial charge in [0, 0.05) is 18.8 Å². The van der Waals surface area contributed by atoms with Gasteiger partial charge >= 0.3 is 0 Å². The zero-order chi connectivity index (χ0) is 26.1. The maximum Gasteiger partial charge on any atom is 0.261 e. The molecule has 3 rings (SSSR count). The summed E-state index contributed by atoms with van der Waals surface area (Å²) in [7, 11) is -3.90. The van der Waals surface area contributed by atoms with Gasteiger partial charge < -0.3 is 15.0 Å². The number of nitrogens with one attached hydrogen (secondary N) is 2. The van der Waals surface area contributed by atoms with Gasteiger partial charge in [-0.25, -0.2) is 12.8 Å². The third kappa shape index (κ3) is 7.29. The highest BCUT2D eigenvalue weighted by Gasteiger charge is 2.26. The molecule has 0 radical (unpaired) electrons. The lowest BCUT2D eigenvalue weighted by Crippen LogP contribution is -2.49. The summed E-state index contributed by atoms with van der Waals surface area (Å²) in [4.78, 5) is 26.8. The average Bonchev–Trinajstić information content (AvgIpc) is 2.87. The van der Waals surface area contributed by atoms with Gasteiger partial charge in [0.2, 0.25) is 5.91 Å². The maximum atomic E-state index is 13.1. The van der Waals surface area contributed by atoms with Gasteiger partial charge in [-0.05, 0) is 67.9 Å². The quantitative estimate of drug-likeness (QED) is 0.408. The van der Waals surface area contributed by atoms with Crippen LogP contribution in [0.15, 0.2) is 83.8 Å². The lowest BCUT2D eigenvalue weighted by Gasteiger charge is -2.28. The Hall–Kier alpha value is -3.92. The summed E-state index contributed by atoms with van der Waals surface area (Å²) in [6.07, 6.45) is 0. The van der Waals surface area contributed by atoms with E-state index in [2.05, 4.69) is 10.0 Å². The molecule has 0 aliphatic rings. The fourth-order valence-corrected chi connectivity index (χ4v) is 4.42. The lowest BCUT2D eigenvalue weighted by molar-refractivity contribution is -0.142. The number of anilines is 1.